The number of imide groups is 1. The second-order valence-electron chi connectivity index (χ2n) is 5.22. The number of hydrogen-bond acceptors (Lipinski definition) is 4. The van der Waals surface area contributed by atoms with Crippen molar-refractivity contribution in [2.24, 2.45) is 0 Å². The van der Waals surface area contributed by atoms with E-state index in [0.717, 1.165) is 25.2 Å². The number of carbonyl (C=O) groups excluding carboxylic acids is 2. The van der Waals surface area contributed by atoms with E-state index in [-0.39, 0.29) is 18.5 Å². The van der Waals surface area contributed by atoms with Crippen molar-refractivity contribution in [2.75, 3.05) is 31.9 Å². The van der Waals surface area contributed by atoms with Crippen LogP contribution in [0.25, 0.3) is 0 Å². The van der Waals surface area contributed by atoms with E-state index in [1.54, 1.807) is 0 Å². The number of anilines is 1. The van der Waals surface area contributed by atoms with Crippen LogP contribution in [0.5, 0.6) is 0 Å². The zero-order chi connectivity index (χ0) is 14.1. The van der Waals surface area contributed by atoms with Crippen LogP contribution in [-0.2, 0) is 17.8 Å². The maximum atomic E-state index is 11.5. The highest BCUT2D eigenvalue weighted by atomic mass is 16.2. The number of hydrogen-bond donors (Lipinski definition) is 2. The predicted molar refractivity (Wildman–Crippen MR) is 74.9 cm³/mol. The van der Waals surface area contributed by atoms with Gasteiger partial charge < -0.3 is 11.1 Å². The number of fused-ring (bicyclic) bond motifs is 1. The van der Waals surface area contributed by atoms with Crippen LogP contribution in [0, 0.1) is 0 Å². The van der Waals surface area contributed by atoms with Crippen LogP contribution in [0.1, 0.15) is 11.1 Å². The van der Waals surface area contributed by atoms with Crippen LogP contribution in [0.3, 0.4) is 0 Å². The SMILES string of the molecule is Nc1cccc2c1CCN(CCN1C(=O)CNC1=O)C2. The molecule has 2 aliphatic rings. The molecular weight excluding hydrogens is 256 g/mol. The largest absolute Gasteiger partial charge is 0.398 e. The quantitative estimate of drug-likeness (QED) is 0.609. The van der Waals surface area contributed by atoms with Gasteiger partial charge in [0.15, 0.2) is 0 Å². The summed E-state index contributed by atoms with van der Waals surface area (Å²) in [5.74, 6) is -0.142. The number of nitrogens with one attached hydrogen (secondary N) is 1. The predicted octanol–water partition coefficient (Wildman–Crippen LogP) is 0.179. The third kappa shape index (κ3) is 2.34. The number of carbonyl (C=O) groups is 2. The number of rotatable bonds is 3. The van der Waals surface area contributed by atoms with Crippen LogP contribution in [0.15, 0.2) is 18.2 Å². The second-order valence-corrected chi connectivity index (χ2v) is 5.22. The van der Waals surface area contributed by atoms with Gasteiger partial charge >= 0.3 is 6.03 Å². The Kier molecular flexibility index (Phi) is 3.31. The molecule has 3 rings (SSSR count). The second kappa shape index (κ2) is 5.13. The lowest BCUT2D eigenvalue weighted by Crippen LogP contribution is -2.40. The van der Waals surface area contributed by atoms with Gasteiger partial charge in [0.1, 0.15) is 0 Å². The number of nitrogens with zero attached hydrogens (tertiary/aromatic N) is 2. The molecule has 1 saturated heterocycles. The Morgan fingerprint density at radius 1 is 1.25 bits per heavy atom. The van der Waals surface area contributed by atoms with Gasteiger partial charge in [-0.15, -0.1) is 0 Å². The van der Waals surface area contributed by atoms with E-state index in [0.29, 0.717) is 13.1 Å². The van der Waals surface area contributed by atoms with Crippen molar-refractivity contribution in [3.05, 3.63) is 29.3 Å². The fraction of sp³-hybridized carbons (Fsp3) is 0.429. The molecule has 3 N–H and O–H groups in total. The van der Waals surface area contributed by atoms with Crippen molar-refractivity contribution in [2.45, 2.75) is 13.0 Å². The van der Waals surface area contributed by atoms with E-state index in [4.69, 9.17) is 5.73 Å². The Morgan fingerprint density at radius 2 is 2.10 bits per heavy atom. The summed E-state index contributed by atoms with van der Waals surface area (Å²) in [6.45, 7) is 3.00. The van der Waals surface area contributed by atoms with Crippen LogP contribution in [0.2, 0.25) is 0 Å². The molecule has 20 heavy (non-hydrogen) atoms. The molecule has 106 valence electrons. The average molecular weight is 274 g/mol. The summed E-state index contributed by atoms with van der Waals surface area (Å²) >= 11 is 0. The molecule has 6 nitrogen and oxygen atoms in total. The van der Waals surface area contributed by atoms with Gasteiger partial charge in [-0.2, -0.15) is 0 Å². The first-order chi connectivity index (χ1) is 9.65. The molecular formula is C14H18N4O2. The Labute approximate surface area is 117 Å². The fourth-order valence-corrected chi connectivity index (χ4v) is 2.81. The summed E-state index contributed by atoms with van der Waals surface area (Å²) in [5, 5.41) is 2.53. The van der Waals surface area contributed by atoms with Crippen LogP contribution >= 0.6 is 0 Å². The maximum Gasteiger partial charge on any atom is 0.324 e. The molecule has 0 radical (unpaired) electrons. The van der Waals surface area contributed by atoms with Gasteiger partial charge in [0.2, 0.25) is 5.91 Å². The minimum atomic E-state index is -0.281. The van der Waals surface area contributed by atoms with E-state index < -0.39 is 0 Å². The molecule has 2 heterocycles. The normalized spacial score (nSPS) is 19.1. The summed E-state index contributed by atoms with van der Waals surface area (Å²) in [7, 11) is 0. The minimum Gasteiger partial charge on any atom is -0.398 e. The van der Waals surface area contributed by atoms with Crippen LogP contribution in [-0.4, -0.2) is 47.9 Å². The van der Waals surface area contributed by atoms with Gasteiger partial charge in [-0.1, -0.05) is 12.1 Å². The Bertz CT molecular complexity index is 542. The van der Waals surface area contributed by atoms with E-state index in [9.17, 15) is 9.59 Å². The van der Waals surface area contributed by atoms with Gasteiger partial charge in [-0.25, -0.2) is 4.79 Å². The number of nitrogen functional groups attached to an aromatic ring is 1. The highest BCUT2D eigenvalue weighted by Gasteiger charge is 2.28. The smallest absolute Gasteiger partial charge is 0.324 e. The third-order valence-corrected chi connectivity index (χ3v) is 3.96. The molecule has 3 amide bonds. The summed E-state index contributed by atoms with van der Waals surface area (Å²) in [6.07, 6.45) is 0.919. The van der Waals surface area contributed by atoms with Crippen molar-refractivity contribution in [3.63, 3.8) is 0 Å². The zero-order valence-corrected chi connectivity index (χ0v) is 11.3. The first kappa shape index (κ1) is 12.9. The summed E-state index contributed by atoms with van der Waals surface area (Å²) < 4.78 is 0. The van der Waals surface area contributed by atoms with Gasteiger partial charge in [-0.3, -0.25) is 14.6 Å². The number of nitrogens with two attached hydrogens (primary N) is 1. The molecule has 0 bridgehead atoms. The van der Waals surface area contributed by atoms with Gasteiger partial charge in [0.05, 0.1) is 6.54 Å². The minimum absolute atomic E-state index is 0.123. The maximum absolute atomic E-state index is 11.5. The summed E-state index contributed by atoms with van der Waals surface area (Å²) in [6, 6.07) is 5.71. The monoisotopic (exact) mass is 274 g/mol. The standard InChI is InChI=1S/C14H18N4O2/c15-12-3-1-2-10-9-17(5-4-11(10)12)6-7-18-13(19)8-16-14(18)20/h1-3H,4-9,15H2,(H,16,20). The molecule has 2 aliphatic heterocycles. The fourth-order valence-electron chi connectivity index (χ4n) is 2.81. The van der Waals surface area contributed by atoms with Crippen LogP contribution in [0.4, 0.5) is 10.5 Å². The van der Waals surface area contributed by atoms with Crippen molar-refractivity contribution in [1.82, 2.24) is 15.1 Å². The third-order valence-electron chi connectivity index (χ3n) is 3.96. The highest BCUT2D eigenvalue weighted by molar-refractivity contribution is 6.01. The van der Waals surface area contributed by atoms with E-state index in [2.05, 4.69) is 16.3 Å². The summed E-state index contributed by atoms with van der Waals surface area (Å²) in [4.78, 5) is 26.5. The highest BCUT2D eigenvalue weighted by Crippen LogP contribution is 2.23. The van der Waals surface area contributed by atoms with E-state index in [1.807, 2.05) is 12.1 Å². The molecule has 0 unspecified atom stereocenters. The van der Waals surface area contributed by atoms with Gasteiger partial charge in [0.25, 0.3) is 0 Å². The molecule has 0 atom stereocenters. The van der Waals surface area contributed by atoms with Gasteiger partial charge in [-0.05, 0) is 23.6 Å². The van der Waals surface area contributed by atoms with E-state index in [1.165, 1.54) is 16.0 Å². The first-order valence-electron chi connectivity index (χ1n) is 6.82. The van der Waals surface area contributed by atoms with Crippen LogP contribution < -0.4 is 11.1 Å². The Balaban J connectivity index is 1.61. The number of amides is 3. The molecule has 0 saturated carbocycles. The lowest BCUT2D eigenvalue weighted by Gasteiger charge is -2.30. The van der Waals surface area contributed by atoms with Gasteiger partial charge in [0, 0.05) is 31.9 Å². The topological polar surface area (TPSA) is 78.7 Å². The first-order valence-corrected chi connectivity index (χ1v) is 6.82. The zero-order valence-electron chi connectivity index (χ0n) is 11.3. The summed E-state index contributed by atoms with van der Waals surface area (Å²) in [5.41, 5.74) is 9.31. The molecule has 6 heteroatoms. The average Bonchev–Trinajstić information content (AvgIpc) is 2.76. The molecule has 0 spiro atoms. The van der Waals surface area contributed by atoms with E-state index >= 15 is 0 Å². The molecule has 0 aromatic heterocycles. The van der Waals surface area contributed by atoms with Crippen molar-refractivity contribution in [3.8, 4) is 0 Å². The van der Waals surface area contributed by atoms with Crippen molar-refractivity contribution < 1.29 is 9.59 Å². The number of urea groups is 1. The molecule has 0 aliphatic carbocycles. The number of benzene rings is 1. The Hall–Kier alpha value is -2.08. The van der Waals surface area contributed by atoms with Crippen molar-refractivity contribution >= 4 is 17.6 Å². The van der Waals surface area contributed by atoms with Crippen molar-refractivity contribution in [1.29, 1.82) is 0 Å². The molecule has 1 aromatic carbocycles. The lowest BCUT2D eigenvalue weighted by molar-refractivity contribution is -0.125. The lowest BCUT2D eigenvalue weighted by atomic mass is 9.98. The molecule has 1 fully saturated rings. The molecule has 1 aromatic rings. The Morgan fingerprint density at radius 3 is 2.85 bits per heavy atom.